The molecule has 1 atom stereocenters. The Morgan fingerprint density at radius 2 is 2.08 bits per heavy atom. The smallest absolute Gasteiger partial charge is 0.220 e. The maximum absolute atomic E-state index is 11.0. The van der Waals surface area contributed by atoms with Gasteiger partial charge in [0.15, 0.2) is 0 Å². The van der Waals surface area contributed by atoms with Crippen LogP contribution < -0.4 is 5.32 Å². The molecule has 0 aromatic rings. The molecule has 0 spiro atoms. The normalized spacial score (nSPS) is 14.0. The second-order valence-electron chi connectivity index (χ2n) is 4.35. The third kappa shape index (κ3) is 6.08. The van der Waals surface area contributed by atoms with Crippen LogP contribution in [0, 0.1) is 18.3 Å². The van der Waals surface area contributed by atoms with Crippen LogP contribution in [0.3, 0.4) is 0 Å². The van der Waals surface area contributed by atoms with Crippen LogP contribution in [0.15, 0.2) is 0 Å². The summed E-state index contributed by atoms with van der Waals surface area (Å²) in [5, 5.41) is 2.62. The molecule has 0 fully saturated rings. The van der Waals surface area contributed by atoms with Crippen LogP contribution in [-0.4, -0.2) is 13.0 Å². The summed E-state index contributed by atoms with van der Waals surface area (Å²) in [6, 6.07) is 0. The fourth-order valence-electron chi connectivity index (χ4n) is 1.43. The molecular formula is C10H20NO+. The van der Waals surface area contributed by atoms with Gasteiger partial charge >= 0.3 is 0 Å². The van der Waals surface area contributed by atoms with Crippen LogP contribution in [0.1, 0.15) is 33.6 Å². The maximum atomic E-state index is 11.0. The van der Waals surface area contributed by atoms with E-state index in [9.17, 15) is 4.79 Å². The Labute approximate surface area is 75.7 Å². The minimum absolute atomic E-state index is 0.0768. The Morgan fingerprint density at radius 1 is 1.58 bits per heavy atom. The van der Waals surface area contributed by atoms with Crippen molar-refractivity contribution in [2.24, 2.45) is 11.3 Å². The summed E-state index contributed by atoms with van der Waals surface area (Å²) in [4.78, 5) is 11.0. The monoisotopic (exact) mass is 170 g/mol. The third-order valence-electron chi connectivity index (χ3n) is 1.71. The van der Waals surface area contributed by atoms with Gasteiger partial charge in [-0.1, -0.05) is 6.92 Å². The molecule has 70 valence electrons. The van der Waals surface area contributed by atoms with Gasteiger partial charge in [-0.2, -0.15) is 0 Å². The molecule has 2 heteroatoms. The Hall–Kier alpha value is -0.660. The molecule has 0 saturated carbocycles. The van der Waals surface area contributed by atoms with E-state index in [0.717, 1.165) is 6.42 Å². The zero-order valence-corrected chi connectivity index (χ0v) is 8.61. The van der Waals surface area contributed by atoms with Gasteiger partial charge in [-0.15, -0.1) is 0 Å². The molecule has 1 N–H and O–H groups in total. The van der Waals surface area contributed by atoms with Crippen LogP contribution in [-0.2, 0) is 4.79 Å². The van der Waals surface area contributed by atoms with Gasteiger partial charge in [-0.25, -0.2) is 0 Å². The van der Waals surface area contributed by atoms with Gasteiger partial charge in [0.25, 0.3) is 0 Å². The molecule has 1 unspecified atom stereocenters. The van der Waals surface area contributed by atoms with Crippen molar-refractivity contribution in [2.45, 2.75) is 33.6 Å². The van der Waals surface area contributed by atoms with Gasteiger partial charge < -0.3 is 5.32 Å². The van der Waals surface area contributed by atoms with Crippen molar-refractivity contribution < 1.29 is 4.79 Å². The van der Waals surface area contributed by atoms with Crippen LogP contribution >= 0.6 is 0 Å². The number of carbonyl (C=O) groups is 1. The summed E-state index contributed by atoms with van der Waals surface area (Å²) in [7, 11) is 1.67. The van der Waals surface area contributed by atoms with Gasteiger partial charge in [0.1, 0.15) is 5.41 Å². The van der Waals surface area contributed by atoms with E-state index in [2.05, 4.69) is 33.0 Å². The van der Waals surface area contributed by atoms with E-state index in [1.54, 1.807) is 7.05 Å². The fraction of sp³-hybridized carbons (Fsp3) is 0.800. The van der Waals surface area contributed by atoms with Crippen LogP contribution in [0.5, 0.6) is 0 Å². The van der Waals surface area contributed by atoms with Crippen molar-refractivity contribution in [1.29, 1.82) is 0 Å². The van der Waals surface area contributed by atoms with Crippen molar-refractivity contribution in [3.05, 3.63) is 6.92 Å². The average Bonchev–Trinajstić information content (AvgIpc) is 1.82. The van der Waals surface area contributed by atoms with E-state index in [1.165, 1.54) is 0 Å². The first-order valence-corrected chi connectivity index (χ1v) is 4.41. The van der Waals surface area contributed by atoms with Crippen molar-refractivity contribution in [3.8, 4) is 0 Å². The molecule has 0 aliphatic heterocycles. The Morgan fingerprint density at radius 3 is 2.42 bits per heavy atom. The molecular weight excluding hydrogens is 150 g/mol. The van der Waals surface area contributed by atoms with E-state index < -0.39 is 0 Å². The number of hydrogen-bond donors (Lipinski definition) is 1. The van der Waals surface area contributed by atoms with E-state index in [-0.39, 0.29) is 11.3 Å². The van der Waals surface area contributed by atoms with Crippen molar-refractivity contribution in [1.82, 2.24) is 5.32 Å². The lowest BCUT2D eigenvalue weighted by atomic mass is 9.84. The van der Waals surface area contributed by atoms with Gasteiger partial charge in [0, 0.05) is 13.5 Å². The van der Waals surface area contributed by atoms with Crippen molar-refractivity contribution in [2.75, 3.05) is 7.05 Å². The summed E-state index contributed by atoms with van der Waals surface area (Å²) in [5.74, 6) is 0.532. The average molecular weight is 170 g/mol. The highest BCUT2D eigenvalue weighted by Gasteiger charge is 2.22. The summed E-state index contributed by atoms with van der Waals surface area (Å²) in [6.07, 6.45) is 1.59. The van der Waals surface area contributed by atoms with Crippen molar-refractivity contribution in [3.63, 3.8) is 0 Å². The minimum Gasteiger partial charge on any atom is -0.359 e. The van der Waals surface area contributed by atoms with Crippen LogP contribution in [0.2, 0.25) is 0 Å². The zero-order chi connectivity index (χ0) is 9.78. The number of rotatable bonds is 4. The third-order valence-corrected chi connectivity index (χ3v) is 1.71. The summed E-state index contributed by atoms with van der Waals surface area (Å²) in [5.41, 5.74) is 0.0768. The molecule has 0 saturated heterocycles. The topological polar surface area (TPSA) is 29.1 Å². The van der Waals surface area contributed by atoms with E-state index >= 15 is 0 Å². The van der Waals surface area contributed by atoms with Gasteiger partial charge in [0.2, 0.25) is 5.91 Å². The highest BCUT2D eigenvalue weighted by atomic mass is 16.1. The standard InChI is InChI=1S/C10H19NO/c1-8(6-9(12)11-5)7-10(2,3)4/h8H,2,6-7H2,1,3-5H3/p+1. The highest BCUT2D eigenvalue weighted by molar-refractivity contribution is 5.75. The molecule has 0 aliphatic rings. The predicted molar refractivity (Wildman–Crippen MR) is 51.6 cm³/mol. The van der Waals surface area contributed by atoms with Crippen molar-refractivity contribution >= 4 is 5.91 Å². The first-order chi connectivity index (χ1) is 5.35. The Kier molecular flexibility index (Phi) is 4.15. The van der Waals surface area contributed by atoms with Crippen LogP contribution in [0.25, 0.3) is 0 Å². The zero-order valence-electron chi connectivity index (χ0n) is 8.61. The molecule has 0 aliphatic carbocycles. The molecule has 0 aromatic heterocycles. The first-order valence-electron chi connectivity index (χ1n) is 4.41. The molecule has 1 amide bonds. The van der Waals surface area contributed by atoms with E-state index in [1.807, 2.05) is 0 Å². The Bertz CT molecular complexity index is 146. The molecule has 0 aromatic carbocycles. The highest BCUT2D eigenvalue weighted by Crippen LogP contribution is 2.25. The molecule has 2 nitrogen and oxygen atoms in total. The van der Waals surface area contributed by atoms with Crippen LogP contribution in [0.4, 0.5) is 0 Å². The lowest BCUT2D eigenvalue weighted by Gasteiger charge is -2.16. The summed E-state index contributed by atoms with van der Waals surface area (Å²) in [6.45, 7) is 10.3. The molecule has 0 rings (SSSR count). The molecule has 12 heavy (non-hydrogen) atoms. The Balaban J connectivity index is 3.74. The van der Waals surface area contributed by atoms with E-state index in [4.69, 9.17) is 0 Å². The number of amides is 1. The fourth-order valence-corrected chi connectivity index (χ4v) is 1.43. The number of nitrogens with one attached hydrogen (secondary N) is 1. The molecule has 0 radical (unpaired) electrons. The van der Waals surface area contributed by atoms with E-state index in [0.29, 0.717) is 12.3 Å². The maximum Gasteiger partial charge on any atom is 0.220 e. The molecule has 0 bridgehead atoms. The number of carbonyl (C=O) groups excluding carboxylic acids is 1. The second-order valence-corrected chi connectivity index (χ2v) is 4.35. The minimum atomic E-state index is 0.0768. The summed E-state index contributed by atoms with van der Waals surface area (Å²) < 4.78 is 0. The molecule has 0 heterocycles. The van der Waals surface area contributed by atoms with Gasteiger partial charge in [0.05, 0.1) is 6.92 Å². The SMILES string of the molecule is [CH2+]C(C)(C)CC(C)CC(=O)NC. The second kappa shape index (κ2) is 4.39. The number of hydrogen-bond acceptors (Lipinski definition) is 1. The lowest BCUT2D eigenvalue weighted by Crippen LogP contribution is -2.22. The largest absolute Gasteiger partial charge is 0.359 e. The van der Waals surface area contributed by atoms with Gasteiger partial charge in [-0.05, 0) is 26.2 Å². The quantitative estimate of drug-likeness (QED) is 0.642. The lowest BCUT2D eigenvalue weighted by molar-refractivity contribution is -0.121. The predicted octanol–water partition coefficient (Wildman–Crippen LogP) is 2.01. The van der Waals surface area contributed by atoms with Gasteiger partial charge in [-0.3, -0.25) is 4.79 Å². The summed E-state index contributed by atoms with van der Waals surface area (Å²) >= 11 is 0. The first kappa shape index (κ1) is 11.3.